The zero-order chi connectivity index (χ0) is 20.4. The predicted octanol–water partition coefficient (Wildman–Crippen LogP) is 4.77. The molecule has 1 amide bonds. The number of amidine groups is 1. The van der Waals surface area contributed by atoms with Crippen LogP contribution in [0.2, 0.25) is 5.02 Å². The van der Waals surface area contributed by atoms with Crippen LogP contribution in [0.4, 0.5) is 0 Å². The van der Waals surface area contributed by atoms with Crippen molar-refractivity contribution < 1.29 is 14.6 Å². The van der Waals surface area contributed by atoms with Gasteiger partial charge in [0, 0.05) is 41.0 Å². The predicted molar refractivity (Wildman–Crippen MR) is 115 cm³/mol. The summed E-state index contributed by atoms with van der Waals surface area (Å²) >= 11 is 8.02. The number of carbonyl (C=O) groups excluding carboxylic acids is 1. The van der Waals surface area contributed by atoms with Gasteiger partial charge in [-0.1, -0.05) is 47.6 Å². The Morgan fingerprint density at radius 3 is 2.83 bits per heavy atom. The Hall–Kier alpha value is -2.18. The summed E-state index contributed by atoms with van der Waals surface area (Å²) in [5.41, 5.74) is 0.755. The van der Waals surface area contributed by atoms with Crippen LogP contribution in [0.5, 0.6) is 11.5 Å². The molecule has 150 valence electrons. The van der Waals surface area contributed by atoms with E-state index < -0.39 is 11.3 Å². The quantitative estimate of drug-likeness (QED) is 0.710. The Bertz CT molecular complexity index is 1050. The number of thioether (sulfide) groups is 1. The average molecular weight is 429 g/mol. The van der Waals surface area contributed by atoms with Gasteiger partial charge in [0.1, 0.15) is 11.5 Å². The van der Waals surface area contributed by atoms with Crippen molar-refractivity contribution in [1.82, 2.24) is 4.90 Å². The summed E-state index contributed by atoms with van der Waals surface area (Å²) in [6.07, 6.45) is 1.18. The molecule has 2 aromatic rings. The van der Waals surface area contributed by atoms with Crippen molar-refractivity contribution in [2.75, 3.05) is 5.75 Å². The normalized spacial score (nSPS) is 27.3. The molecule has 1 fully saturated rings. The van der Waals surface area contributed by atoms with Crippen molar-refractivity contribution >= 4 is 34.4 Å². The number of hydrogen-bond acceptors (Lipinski definition) is 5. The molecule has 2 atom stereocenters. The van der Waals surface area contributed by atoms with Gasteiger partial charge in [-0.15, -0.1) is 0 Å². The first-order valence-corrected chi connectivity index (χ1v) is 11.0. The third-order valence-corrected chi connectivity index (χ3v) is 7.12. The molecule has 0 bridgehead atoms. The van der Waals surface area contributed by atoms with Crippen molar-refractivity contribution in [2.45, 2.75) is 43.9 Å². The smallest absolute Gasteiger partial charge is 0.239 e. The Kier molecular flexibility index (Phi) is 4.16. The Balaban J connectivity index is 1.67. The minimum absolute atomic E-state index is 0.0261. The van der Waals surface area contributed by atoms with Crippen LogP contribution >= 0.6 is 23.4 Å². The van der Waals surface area contributed by atoms with Gasteiger partial charge in [-0.25, -0.2) is 4.99 Å². The Morgan fingerprint density at radius 1 is 1.24 bits per heavy atom. The van der Waals surface area contributed by atoms with Crippen molar-refractivity contribution in [3.8, 4) is 11.5 Å². The van der Waals surface area contributed by atoms with E-state index in [2.05, 4.69) is 13.8 Å². The van der Waals surface area contributed by atoms with Gasteiger partial charge in [0.15, 0.2) is 5.17 Å². The highest BCUT2D eigenvalue weighted by atomic mass is 35.5. The van der Waals surface area contributed by atoms with Crippen molar-refractivity contribution in [1.29, 1.82) is 0 Å². The summed E-state index contributed by atoms with van der Waals surface area (Å²) in [6.45, 7) is 4.11. The molecule has 0 saturated carbocycles. The number of halogens is 1. The fraction of sp³-hybridized carbons (Fsp3) is 0.364. The highest BCUT2D eigenvalue weighted by Gasteiger charge is 2.54. The summed E-state index contributed by atoms with van der Waals surface area (Å²) in [5.74, 6) is 1.23. The monoisotopic (exact) mass is 428 g/mol. The molecule has 2 unspecified atom stereocenters. The number of phenols is 1. The topological polar surface area (TPSA) is 62.1 Å². The number of rotatable bonds is 1. The molecule has 3 aliphatic heterocycles. The van der Waals surface area contributed by atoms with E-state index in [0.717, 1.165) is 11.1 Å². The van der Waals surface area contributed by atoms with Crippen LogP contribution in [0, 0.1) is 0 Å². The molecule has 1 saturated heterocycles. The van der Waals surface area contributed by atoms with Crippen LogP contribution < -0.4 is 4.74 Å². The summed E-state index contributed by atoms with van der Waals surface area (Å²) in [6, 6.07) is 13.0. The van der Waals surface area contributed by atoms with Gasteiger partial charge in [-0.2, -0.15) is 0 Å². The minimum Gasteiger partial charge on any atom is -0.508 e. The summed E-state index contributed by atoms with van der Waals surface area (Å²) in [7, 11) is 0. The van der Waals surface area contributed by atoms with Gasteiger partial charge in [0.2, 0.25) is 11.6 Å². The molecule has 0 radical (unpaired) electrons. The van der Waals surface area contributed by atoms with E-state index in [1.165, 1.54) is 11.8 Å². The van der Waals surface area contributed by atoms with Gasteiger partial charge in [0.25, 0.3) is 0 Å². The number of hydrogen-bond donors (Lipinski definition) is 1. The van der Waals surface area contributed by atoms with Gasteiger partial charge in [-0.05, 0) is 31.5 Å². The molecule has 0 aliphatic carbocycles. The Morgan fingerprint density at radius 2 is 2.03 bits per heavy atom. The van der Waals surface area contributed by atoms with Crippen LogP contribution in [0.25, 0.3) is 0 Å². The second-order valence-electron chi connectivity index (χ2n) is 8.45. The molecule has 7 heteroatoms. The lowest BCUT2D eigenvalue weighted by atomic mass is 9.77. The maximum absolute atomic E-state index is 12.4. The van der Waals surface area contributed by atoms with Gasteiger partial charge < -0.3 is 9.84 Å². The molecule has 3 aliphatic rings. The van der Waals surface area contributed by atoms with Gasteiger partial charge in [-0.3, -0.25) is 9.69 Å². The molecule has 29 heavy (non-hydrogen) atoms. The molecule has 0 aromatic heterocycles. The first-order chi connectivity index (χ1) is 13.8. The van der Waals surface area contributed by atoms with Crippen LogP contribution in [-0.2, 0) is 4.79 Å². The van der Waals surface area contributed by atoms with E-state index in [1.807, 2.05) is 30.3 Å². The van der Waals surface area contributed by atoms with E-state index in [4.69, 9.17) is 21.3 Å². The van der Waals surface area contributed by atoms with E-state index in [0.29, 0.717) is 34.5 Å². The number of ether oxygens (including phenoxy) is 1. The van der Waals surface area contributed by atoms with Gasteiger partial charge >= 0.3 is 0 Å². The maximum Gasteiger partial charge on any atom is 0.239 e. The molecule has 1 spiro atoms. The standard InChI is InChI=1S/C22H21ClN2O3S/c1-21(2)12-22(24-20-25(21)19(27)11-29-20)10-16(14-5-3-4-6-17(14)23)15-8-7-13(26)9-18(15)28-22/h3-9,16,26H,10-12H2,1-2H3. The number of aliphatic imine (C=N–C) groups is 1. The third-order valence-electron chi connectivity index (χ3n) is 5.86. The van der Waals surface area contributed by atoms with E-state index >= 15 is 0 Å². The molecule has 1 N–H and O–H groups in total. The molecule has 5 nitrogen and oxygen atoms in total. The maximum atomic E-state index is 12.4. The number of carbonyl (C=O) groups is 1. The van der Waals surface area contributed by atoms with Crippen molar-refractivity contribution in [3.63, 3.8) is 0 Å². The summed E-state index contributed by atoms with van der Waals surface area (Å²) in [5, 5.41) is 11.5. The van der Waals surface area contributed by atoms with Crippen LogP contribution in [0.3, 0.4) is 0 Å². The number of phenolic OH excluding ortho intramolecular Hbond substituents is 1. The number of amides is 1. The number of aromatic hydroxyl groups is 1. The SMILES string of the molecule is CC1(C)CC2(CC(c3ccccc3Cl)c3ccc(O)cc3O2)N=C2SCC(=O)N21. The highest BCUT2D eigenvalue weighted by Crippen LogP contribution is 2.52. The molecular formula is C22H21ClN2O3S. The summed E-state index contributed by atoms with van der Waals surface area (Å²) < 4.78 is 6.47. The zero-order valence-corrected chi connectivity index (χ0v) is 17.8. The number of benzene rings is 2. The first-order valence-electron chi connectivity index (χ1n) is 9.60. The average Bonchev–Trinajstić information content (AvgIpc) is 3.01. The second-order valence-corrected chi connectivity index (χ2v) is 9.80. The van der Waals surface area contributed by atoms with Crippen LogP contribution in [-0.4, -0.2) is 38.1 Å². The zero-order valence-electron chi connectivity index (χ0n) is 16.2. The third kappa shape index (κ3) is 3.01. The van der Waals surface area contributed by atoms with E-state index in [-0.39, 0.29) is 17.6 Å². The summed E-state index contributed by atoms with van der Waals surface area (Å²) in [4.78, 5) is 19.2. The van der Waals surface area contributed by atoms with Crippen molar-refractivity contribution in [3.05, 3.63) is 58.6 Å². The van der Waals surface area contributed by atoms with Gasteiger partial charge in [0.05, 0.1) is 5.75 Å². The lowest BCUT2D eigenvalue weighted by Gasteiger charge is -2.49. The van der Waals surface area contributed by atoms with E-state index in [1.54, 1.807) is 17.0 Å². The molecule has 5 rings (SSSR count). The number of fused-ring (bicyclic) bond motifs is 2. The molecule has 3 heterocycles. The second kappa shape index (κ2) is 6.41. The van der Waals surface area contributed by atoms with E-state index in [9.17, 15) is 9.90 Å². The lowest BCUT2D eigenvalue weighted by molar-refractivity contribution is -0.130. The largest absolute Gasteiger partial charge is 0.508 e. The molecular weight excluding hydrogens is 408 g/mol. The highest BCUT2D eigenvalue weighted by molar-refractivity contribution is 8.15. The molecule has 2 aromatic carbocycles. The fourth-order valence-electron chi connectivity index (χ4n) is 4.80. The minimum atomic E-state index is -0.822. The lowest BCUT2D eigenvalue weighted by Crippen LogP contribution is -2.58. The fourth-order valence-corrected chi connectivity index (χ4v) is 6.15. The Labute approximate surface area is 178 Å². The van der Waals surface area contributed by atoms with Crippen LogP contribution in [0.15, 0.2) is 47.5 Å². The number of nitrogens with zero attached hydrogens (tertiary/aromatic N) is 2. The first kappa shape index (κ1) is 18.8. The van der Waals surface area contributed by atoms with Crippen molar-refractivity contribution in [2.24, 2.45) is 4.99 Å². The van der Waals surface area contributed by atoms with Crippen LogP contribution in [0.1, 0.15) is 43.7 Å².